The molecule has 6 heteroatoms. The summed E-state index contributed by atoms with van der Waals surface area (Å²) in [5, 5.41) is 4.28. The molecule has 6 nitrogen and oxygen atoms in total. The molecule has 1 aliphatic rings. The molecule has 1 saturated heterocycles. The summed E-state index contributed by atoms with van der Waals surface area (Å²) in [6, 6.07) is 9.87. The largest absolute Gasteiger partial charge is 0.339 e. The predicted octanol–water partition coefficient (Wildman–Crippen LogP) is 2.68. The van der Waals surface area contributed by atoms with Gasteiger partial charge in [-0.25, -0.2) is 4.98 Å². The highest BCUT2D eigenvalue weighted by molar-refractivity contribution is 5.94. The van der Waals surface area contributed by atoms with Crippen LogP contribution in [0.5, 0.6) is 0 Å². The fourth-order valence-corrected chi connectivity index (χ4v) is 3.52. The van der Waals surface area contributed by atoms with Crippen LogP contribution in [0.3, 0.4) is 0 Å². The smallest absolute Gasteiger partial charge is 0.253 e. The van der Waals surface area contributed by atoms with Gasteiger partial charge in [-0.3, -0.25) is 9.48 Å². The maximum Gasteiger partial charge on any atom is 0.253 e. The minimum absolute atomic E-state index is 0.136. The molecule has 3 heterocycles. The van der Waals surface area contributed by atoms with Gasteiger partial charge in [-0.15, -0.1) is 0 Å². The van der Waals surface area contributed by atoms with E-state index in [0.29, 0.717) is 5.92 Å². The zero-order valence-corrected chi connectivity index (χ0v) is 14.7. The molecule has 0 N–H and O–H groups in total. The molecule has 0 unspecified atom stereocenters. The first-order valence-corrected chi connectivity index (χ1v) is 9.09. The van der Waals surface area contributed by atoms with Crippen molar-refractivity contribution in [1.29, 1.82) is 0 Å². The maximum atomic E-state index is 12.7. The Balaban J connectivity index is 1.31. The van der Waals surface area contributed by atoms with E-state index in [1.807, 2.05) is 63.1 Å². The van der Waals surface area contributed by atoms with Crippen molar-refractivity contribution in [2.75, 3.05) is 13.1 Å². The number of aromatic nitrogens is 4. The van der Waals surface area contributed by atoms with E-state index in [9.17, 15) is 4.79 Å². The SMILES string of the molecule is O=C(c1ccc(Cn2ccnc2)cc1)N1CCC(Cn2cccn2)CC1. The zero-order chi connectivity index (χ0) is 17.8. The van der Waals surface area contributed by atoms with E-state index in [0.717, 1.165) is 50.1 Å². The van der Waals surface area contributed by atoms with E-state index in [4.69, 9.17) is 0 Å². The first kappa shape index (κ1) is 16.6. The van der Waals surface area contributed by atoms with Crippen LogP contribution >= 0.6 is 0 Å². The monoisotopic (exact) mass is 349 g/mol. The van der Waals surface area contributed by atoms with Gasteiger partial charge in [0, 0.05) is 56.5 Å². The first-order valence-electron chi connectivity index (χ1n) is 9.09. The van der Waals surface area contributed by atoms with Crippen molar-refractivity contribution in [3.05, 3.63) is 72.6 Å². The molecule has 4 rings (SSSR count). The Hall–Kier alpha value is -2.89. The van der Waals surface area contributed by atoms with E-state index < -0.39 is 0 Å². The van der Waals surface area contributed by atoms with Gasteiger partial charge in [-0.1, -0.05) is 12.1 Å². The Bertz CT molecular complexity index is 816. The molecule has 0 spiro atoms. The third-order valence-electron chi connectivity index (χ3n) is 5.03. The Labute approximate surface area is 153 Å². The molecule has 3 aromatic rings. The summed E-state index contributed by atoms with van der Waals surface area (Å²) < 4.78 is 4.00. The van der Waals surface area contributed by atoms with E-state index in [2.05, 4.69) is 10.1 Å². The van der Waals surface area contributed by atoms with Crippen molar-refractivity contribution in [2.24, 2.45) is 5.92 Å². The third kappa shape index (κ3) is 3.85. The standard InChI is InChI=1S/C20H23N5O/c26-20(19-4-2-17(3-5-19)14-23-13-9-21-16-23)24-11-6-18(7-12-24)15-25-10-1-8-22-25/h1-5,8-10,13,16,18H,6-7,11-12,14-15H2. The molecule has 1 fully saturated rings. The summed E-state index contributed by atoms with van der Waals surface area (Å²) >= 11 is 0. The van der Waals surface area contributed by atoms with Crippen LogP contribution < -0.4 is 0 Å². The summed E-state index contributed by atoms with van der Waals surface area (Å²) in [6.45, 7) is 3.36. The summed E-state index contributed by atoms with van der Waals surface area (Å²) in [7, 11) is 0. The summed E-state index contributed by atoms with van der Waals surface area (Å²) in [4.78, 5) is 18.8. The molecule has 0 saturated carbocycles. The normalized spacial score (nSPS) is 15.3. The molecular formula is C20H23N5O. The molecule has 1 aliphatic heterocycles. The summed E-state index contributed by atoms with van der Waals surface area (Å²) in [6.07, 6.45) is 11.4. The van der Waals surface area contributed by atoms with Gasteiger partial charge in [0.1, 0.15) is 0 Å². The Morgan fingerprint density at radius 1 is 1.08 bits per heavy atom. The molecule has 2 aromatic heterocycles. The highest BCUT2D eigenvalue weighted by atomic mass is 16.2. The van der Waals surface area contributed by atoms with Crippen LogP contribution in [-0.4, -0.2) is 43.2 Å². The van der Waals surface area contributed by atoms with Crippen molar-refractivity contribution in [2.45, 2.75) is 25.9 Å². The van der Waals surface area contributed by atoms with Crippen LogP contribution in [0.25, 0.3) is 0 Å². The number of imidazole rings is 1. The van der Waals surface area contributed by atoms with Crippen LogP contribution in [0.4, 0.5) is 0 Å². The zero-order valence-electron chi connectivity index (χ0n) is 14.7. The van der Waals surface area contributed by atoms with Gasteiger partial charge in [0.25, 0.3) is 5.91 Å². The summed E-state index contributed by atoms with van der Waals surface area (Å²) in [5.41, 5.74) is 1.93. The van der Waals surface area contributed by atoms with Crippen molar-refractivity contribution in [3.63, 3.8) is 0 Å². The maximum absolute atomic E-state index is 12.7. The van der Waals surface area contributed by atoms with Gasteiger partial charge in [-0.2, -0.15) is 5.10 Å². The van der Waals surface area contributed by atoms with Crippen molar-refractivity contribution >= 4 is 5.91 Å². The number of benzene rings is 1. The number of carbonyl (C=O) groups excluding carboxylic acids is 1. The molecule has 0 atom stereocenters. The van der Waals surface area contributed by atoms with Crippen LogP contribution in [0.15, 0.2) is 61.4 Å². The molecule has 0 bridgehead atoms. The number of rotatable bonds is 5. The van der Waals surface area contributed by atoms with Crippen LogP contribution in [-0.2, 0) is 13.1 Å². The summed E-state index contributed by atoms with van der Waals surface area (Å²) in [5.74, 6) is 0.730. The lowest BCUT2D eigenvalue weighted by atomic mass is 9.96. The van der Waals surface area contributed by atoms with Crippen molar-refractivity contribution < 1.29 is 4.79 Å². The van der Waals surface area contributed by atoms with Crippen molar-refractivity contribution in [1.82, 2.24) is 24.2 Å². The van der Waals surface area contributed by atoms with Crippen molar-refractivity contribution in [3.8, 4) is 0 Å². The minimum atomic E-state index is 0.136. The molecule has 1 aromatic carbocycles. The molecule has 26 heavy (non-hydrogen) atoms. The van der Waals surface area contributed by atoms with Gasteiger partial charge < -0.3 is 9.47 Å². The van der Waals surface area contributed by atoms with E-state index in [1.165, 1.54) is 0 Å². The second-order valence-corrected chi connectivity index (χ2v) is 6.90. The average molecular weight is 349 g/mol. The molecule has 0 aliphatic carbocycles. The molecule has 134 valence electrons. The molecule has 1 amide bonds. The van der Waals surface area contributed by atoms with Gasteiger partial charge >= 0.3 is 0 Å². The topological polar surface area (TPSA) is 56.0 Å². The quantitative estimate of drug-likeness (QED) is 0.712. The molecule has 0 radical (unpaired) electrons. The van der Waals surface area contributed by atoms with E-state index in [1.54, 1.807) is 12.5 Å². The molecular weight excluding hydrogens is 326 g/mol. The number of piperidine rings is 1. The lowest BCUT2D eigenvalue weighted by molar-refractivity contribution is 0.0681. The number of hydrogen-bond acceptors (Lipinski definition) is 3. The van der Waals surface area contributed by atoms with Crippen LogP contribution in [0, 0.1) is 5.92 Å². The van der Waals surface area contributed by atoms with Gasteiger partial charge in [-0.05, 0) is 42.5 Å². The minimum Gasteiger partial charge on any atom is -0.339 e. The lowest BCUT2D eigenvalue weighted by Crippen LogP contribution is -2.39. The Morgan fingerprint density at radius 3 is 2.54 bits per heavy atom. The third-order valence-corrected chi connectivity index (χ3v) is 5.03. The number of carbonyl (C=O) groups is 1. The Morgan fingerprint density at radius 2 is 1.88 bits per heavy atom. The predicted molar refractivity (Wildman–Crippen MR) is 98.6 cm³/mol. The fraction of sp³-hybridized carbons (Fsp3) is 0.350. The Kier molecular flexibility index (Phi) is 4.82. The fourth-order valence-electron chi connectivity index (χ4n) is 3.52. The van der Waals surface area contributed by atoms with Crippen LogP contribution in [0.2, 0.25) is 0 Å². The van der Waals surface area contributed by atoms with Gasteiger partial charge in [0.15, 0.2) is 0 Å². The van der Waals surface area contributed by atoms with E-state index >= 15 is 0 Å². The van der Waals surface area contributed by atoms with E-state index in [-0.39, 0.29) is 5.91 Å². The number of nitrogens with zero attached hydrogens (tertiary/aromatic N) is 5. The highest BCUT2D eigenvalue weighted by Gasteiger charge is 2.23. The first-order chi connectivity index (χ1) is 12.8. The number of hydrogen-bond donors (Lipinski definition) is 0. The van der Waals surface area contributed by atoms with Gasteiger partial charge in [0.2, 0.25) is 0 Å². The second kappa shape index (κ2) is 7.56. The second-order valence-electron chi connectivity index (χ2n) is 6.90. The number of amides is 1. The van der Waals surface area contributed by atoms with Gasteiger partial charge in [0.05, 0.1) is 6.33 Å². The van der Waals surface area contributed by atoms with Crippen LogP contribution in [0.1, 0.15) is 28.8 Å². The average Bonchev–Trinajstić information content (AvgIpc) is 3.37. The lowest BCUT2D eigenvalue weighted by Gasteiger charge is -2.32. The number of likely N-dealkylation sites (tertiary alicyclic amines) is 1. The highest BCUT2D eigenvalue weighted by Crippen LogP contribution is 2.20.